The van der Waals surface area contributed by atoms with E-state index >= 15 is 0 Å². The molecule has 1 fully saturated rings. The number of amides is 2. The zero-order valence-electron chi connectivity index (χ0n) is 13.5. The quantitative estimate of drug-likeness (QED) is 0.839. The number of likely N-dealkylation sites (tertiary alicyclic amines) is 1. The summed E-state index contributed by atoms with van der Waals surface area (Å²) in [6.07, 6.45) is 3.73. The monoisotopic (exact) mass is 325 g/mol. The smallest absolute Gasteiger partial charge is 0.410 e. The zero-order chi connectivity index (χ0) is 16.3. The first kappa shape index (κ1) is 16.7. The highest BCUT2D eigenvalue weighted by Gasteiger charge is 2.36. The van der Waals surface area contributed by atoms with Gasteiger partial charge in [0.05, 0.1) is 0 Å². The maximum atomic E-state index is 12.7. The normalized spacial score (nSPS) is 18.9. The van der Waals surface area contributed by atoms with Crippen molar-refractivity contribution in [3.05, 3.63) is 11.6 Å². The Balaban J connectivity index is 2.12. The van der Waals surface area contributed by atoms with E-state index in [-0.39, 0.29) is 5.91 Å². The number of ether oxygens (including phenoxy) is 1. The first-order chi connectivity index (χ1) is 10.3. The van der Waals surface area contributed by atoms with Crippen molar-refractivity contribution in [1.82, 2.24) is 9.88 Å². The molecule has 1 saturated heterocycles. The Kier molecular flexibility index (Phi) is 5.05. The molecule has 1 aromatic rings. The lowest BCUT2D eigenvalue weighted by molar-refractivity contribution is -0.124. The Morgan fingerprint density at radius 2 is 2.14 bits per heavy atom. The zero-order valence-corrected chi connectivity index (χ0v) is 14.4. The van der Waals surface area contributed by atoms with Crippen molar-refractivity contribution >= 4 is 28.5 Å². The summed E-state index contributed by atoms with van der Waals surface area (Å²) in [7, 11) is 1.70. The molecule has 0 radical (unpaired) electrons. The van der Waals surface area contributed by atoms with Gasteiger partial charge in [0.15, 0.2) is 5.13 Å². The van der Waals surface area contributed by atoms with Gasteiger partial charge in [-0.1, -0.05) is 0 Å². The molecule has 0 aromatic carbocycles. The molecule has 0 saturated carbocycles. The SMILES string of the molecule is CN(C(=O)[C@@H]1CCCCN1C(=O)OC(C)(C)C)c1nccs1. The number of hydrogen-bond donors (Lipinski definition) is 0. The molecule has 0 aliphatic carbocycles. The van der Waals surface area contributed by atoms with Gasteiger partial charge >= 0.3 is 6.09 Å². The van der Waals surface area contributed by atoms with Crippen LogP contribution in [0.3, 0.4) is 0 Å². The van der Waals surface area contributed by atoms with Crippen LogP contribution in [0.4, 0.5) is 9.93 Å². The fourth-order valence-corrected chi connectivity index (χ4v) is 3.04. The highest BCUT2D eigenvalue weighted by molar-refractivity contribution is 7.13. The van der Waals surface area contributed by atoms with E-state index in [4.69, 9.17) is 4.74 Å². The number of carbonyl (C=O) groups is 2. The summed E-state index contributed by atoms with van der Waals surface area (Å²) in [5.41, 5.74) is -0.566. The van der Waals surface area contributed by atoms with Crippen LogP contribution in [0.5, 0.6) is 0 Å². The standard InChI is InChI=1S/C15H23N3O3S/c1-15(2,3)21-14(20)18-9-6-5-7-11(18)12(19)17(4)13-16-8-10-22-13/h8,10-11H,5-7,9H2,1-4H3/t11-/m0/s1. The number of rotatable bonds is 2. The van der Waals surface area contributed by atoms with E-state index in [1.54, 1.807) is 18.1 Å². The number of carbonyl (C=O) groups excluding carboxylic acids is 2. The molecule has 122 valence electrons. The molecule has 1 atom stereocenters. The van der Waals surface area contributed by atoms with Crippen LogP contribution in [0.2, 0.25) is 0 Å². The van der Waals surface area contributed by atoms with Gasteiger partial charge in [0.1, 0.15) is 11.6 Å². The van der Waals surface area contributed by atoms with E-state index in [1.165, 1.54) is 16.2 Å². The third-order valence-corrected chi connectivity index (χ3v) is 4.30. The Morgan fingerprint density at radius 3 is 2.73 bits per heavy atom. The van der Waals surface area contributed by atoms with Crippen molar-refractivity contribution in [2.75, 3.05) is 18.5 Å². The van der Waals surface area contributed by atoms with Crippen LogP contribution < -0.4 is 4.90 Å². The maximum absolute atomic E-state index is 12.7. The van der Waals surface area contributed by atoms with Crippen LogP contribution in [0, 0.1) is 0 Å². The van der Waals surface area contributed by atoms with Gasteiger partial charge in [-0.05, 0) is 40.0 Å². The average molecular weight is 325 g/mol. The maximum Gasteiger partial charge on any atom is 0.410 e. The first-order valence-electron chi connectivity index (χ1n) is 7.46. The Morgan fingerprint density at radius 1 is 1.41 bits per heavy atom. The van der Waals surface area contributed by atoms with E-state index in [9.17, 15) is 9.59 Å². The van der Waals surface area contributed by atoms with E-state index < -0.39 is 17.7 Å². The van der Waals surface area contributed by atoms with Gasteiger partial charge in [0.2, 0.25) is 0 Å². The fraction of sp³-hybridized carbons (Fsp3) is 0.667. The molecule has 22 heavy (non-hydrogen) atoms. The van der Waals surface area contributed by atoms with E-state index in [0.717, 1.165) is 12.8 Å². The summed E-state index contributed by atoms with van der Waals surface area (Å²) >= 11 is 1.40. The molecule has 1 aliphatic rings. The lowest BCUT2D eigenvalue weighted by atomic mass is 10.0. The summed E-state index contributed by atoms with van der Waals surface area (Å²) in [4.78, 5) is 32.3. The number of anilines is 1. The van der Waals surface area contributed by atoms with Gasteiger partial charge in [-0.15, -0.1) is 11.3 Å². The van der Waals surface area contributed by atoms with Crippen molar-refractivity contribution in [1.29, 1.82) is 0 Å². The molecule has 1 aromatic heterocycles. The van der Waals surface area contributed by atoms with Crippen molar-refractivity contribution in [3.8, 4) is 0 Å². The number of aromatic nitrogens is 1. The van der Waals surface area contributed by atoms with Gasteiger partial charge in [-0.3, -0.25) is 14.6 Å². The number of nitrogens with zero attached hydrogens (tertiary/aromatic N) is 3. The first-order valence-corrected chi connectivity index (χ1v) is 8.34. The van der Waals surface area contributed by atoms with E-state index in [1.807, 2.05) is 26.2 Å². The molecule has 0 bridgehead atoms. The lowest BCUT2D eigenvalue weighted by Crippen LogP contribution is -2.53. The summed E-state index contributed by atoms with van der Waals surface area (Å²) in [6, 6.07) is -0.475. The molecular formula is C15H23N3O3S. The van der Waals surface area contributed by atoms with Crippen LogP contribution in [0.25, 0.3) is 0 Å². The average Bonchev–Trinajstić information content (AvgIpc) is 2.98. The minimum atomic E-state index is -0.566. The van der Waals surface area contributed by atoms with Gasteiger partial charge in [-0.25, -0.2) is 9.78 Å². The predicted octanol–water partition coefficient (Wildman–Crippen LogP) is 2.90. The fourth-order valence-electron chi connectivity index (χ4n) is 2.43. The lowest BCUT2D eigenvalue weighted by Gasteiger charge is -2.37. The van der Waals surface area contributed by atoms with Crippen LogP contribution in [-0.4, -0.2) is 47.1 Å². The second-order valence-electron chi connectivity index (χ2n) is 6.40. The second-order valence-corrected chi connectivity index (χ2v) is 7.27. The van der Waals surface area contributed by atoms with Gasteiger partial charge in [0.25, 0.3) is 5.91 Å². The molecule has 2 heterocycles. The van der Waals surface area contributed by atoms with Gasteiger partial charge in [0, 0.05) is 25.2 Å². The number of piperidine rings is 1. The third kappa shape index (κ3) is 3.97. The van der Waals surface area contributed by atoms with Crippen molar-refractivity contribution in [3.63, 3.8) is 0 Å². The Labute approximate surface area is 135 Å². The highest BCUT2D eigenvalue weighted by Crippen LogP contribution is 2.24. The van der Waals surface area contributed by atoms with Crippen LogP contribution in [0.1, 0.15) is 40.0 Å². The molecule has 2 amide bonds. The topological polar surface area (TPSA) is 62.7 Å². The van der Waals surface area contributed by atoms with Gasteiger partial charge in [-0.2, -0.15) is 0 Å². The molecule has 6 nitrogen and oxygen atoms in total. The van der Waals surface area contributed by atoms with Crippen LogP contribution >= 0.6 is 11.3 Å². The molecule has 7 heteroatoms. The minimum absolute atomic E-state index is 0.111. The molecule has 2 rings (SSSR count). The van der Waals surface area contributed by atoms with Crippen molar-refractivity contribution in [2.45, 2.75) is 51.7 Å². The van der Waals surface area contributed by atoms with Crippen molar-refractivity contribution < 1.29 is 14.3 Å². The Bertz CT molecular complexity index is 525. The largest absolute Gasteiger partial charge is 0.444 e. The molecular weight excluding hydrogens is 302 g/mol. The summed E-state index contributed by atoms with van der Waals surface area (Å²) in [5, 5.41) is 2.46. The summed E-state index contributed by atoms with van der Waals surface area (Å²) < 4.78 is 5.43. The van der Waals surface area contributed by atoms with E-state index in [0.29, 0.717) is 18.1 Å². The molecule has 0 unspecified atom stereocenters. The second kappa shape index (κ2) is 6.64. The summed E-state index contributed by atoms with van der Waals surface area (Å²) in [6.45, 7) is 6.03. The highest BCUT2D eigenvalue weighted by atomic mass is 32.1. The molecule has 1 aliphatic heterocycles. The van der Waals surface area contributed by atoms with E-state index in [2.05, 4.69) is 4.98 Å². The summed E-state index contributed by atoms with van der Waals surface area (Å²) in [5.74, 6) is -0.111. The minimum Gasteiger partial charge on any atom is -0.444 e. The third-order valence-electron chi connectivity index (χ3n) is 3.45. The van der Waals surface area contributed by atoms with Crippen molar-refractivity contribution in [2.24, 2.45) is 0 Å². The van der Waals surface area contributed by atoms with Gasteiger partial charge < -0.3 is 4.74 Å². The number of thiazole rings is 1. The molecule has 0 spiro atoms. The van der Waals surface area contributed by atoms with Crippen LogP contribution in [-0.2, 0) is 9.53 Å². The molecule has 0 N–H and O–H groups in total. The Hall–Kier alpha value is -1.63. The number of likely N-dealkylation sites (N-methyl/N-ethyl adjacent to an activating group) is 1. The van der Waals surface area contributed by atoms with Crippen LogP contribution in [0.15, 0.2) is 11.6 Å². The number of hydrogen-bond acceptors (Lipinski definition) is 5. The predicted molar refractivity (Wildman–Crippen MR) is 86.1 cm³/mol.